The largest absolute Gasteiger partial charge is 0.380 e. The summed E-state index contributed by atoms with van der Waals surface area (Å²) in [5.41, 5.74) is 5.30. The van der Waals surface area contributed by atoms with E-state index < -0.39 is 11.9 Å². The number of aromatic nitrogens is 1. The summed E-state index contributed by atoms with van der Waals surface area (Å²) in [6.45, 7) is 3.46. The van der Waals surface area contributed by atoms with Crippen molar-refractivity contribution in [3.8, 4) is 0 Å². The summed E-state index contributed by atoms with van der Waals surface area (Å²) >= 11 is 3.46. The van der Waals surface area contributed by atoms with E-state index in [0.717, 1.165) is 49.2 Å². The van der Waals surface area contributed by atoms with Gasteiger partial charge in [0.25, 0.3) is 17.4 Å². The van der Waals surface area contributed by atoms with Gasteiger partial charge in [-0.3, -0.25) is 29.3 Å². The van der Waals surface area contributed by atoms with Gasteiger partial charge < -0.3 is 24.6 Å². The second-order valence-corrected chi connectivity index (χ2v) is 14.8. The molecule has 49 heavy (non-hydrogen) atoms. The van der Waals surface area contributed by atoms with Crippen molar-refractivity contribution in [2.45, 2.75) is 62.6 Å². The molecule has 12 heteroatoms. The van der Waals surface area contributed by atoms with Crippen LogP contribution in [0.4, 0.5) is 5.69 Å². The van der Waals surface area contributed by atoms with Crippen LogP contribution in [0.2, 0.25) is 0 Å². The van der Waals surface area contributed by atoms with Gasteiger partial charge in [-0.05, 0) is 101 Å². The number of hydrogen-bond donors (Lipinski definition) is 2. The molecule has 0 aliphatic carbocycles. The Morgan fingerprint density at radius 3 is 2.37 bits per heavy atom. The molecule has 7 rings (SSSR count). The lowest BCUT2D eigenvalue weighted by molar-refractivity contribution is -0.136. The average Bonchev–Trinajstić information content (AvgIpc) is 3.43. The van der Waals surface area contributed by atoms with Crippen LogP contribution in [0.25, 0.3) is 0 Å². The first-order valence-corrected chi connectivity index (χ1v) is 17.8. The Morgan fingerprint density at radius 2 is 1.63 bits per heavy atom. The summed E-state index contributed by atoms with van der Waals surface area (Å²) in [5, 5.41) is 5.92. The third-order valence-corrected chi connectivity index (χ3v) is 11.4. The highest BCUT2D eigenvalue weighted by molar-refractivity contribution is 9.10. The number of rotatable bonds is 6. The molecule has 0 spiro atoms. The molecule has 11 nitrogen and oxygen atoms in total. The fourth-order valence-electron chi connectivity index (χ4n) is 7.94. The van der Waals surface area contributed by atoms with E-state index in [1.165, 1.54) is 5.56 Å². The monoisotopic (exact) mass is 728 g/mol. The number of piperidine rings is 3. The number of pyridine rings is 1. The zero-order valence-electron chi connectivity index (χ0n) is 27.8. The molecule has 3 unspecified atom stereocenters. The van der Waals surface area contributed by atoms with Gasteiger partial charge in [0.05, 0.1) is 5.69 Å². The van der Waals surface area contributed by atoms with Gasteiger partial charge in [-0.2, -0.15) is 0 Å². The maximum Gasteiger partial charge on any atom is 0.266 e. The number of nitrogens with zero attached hydrogens (tertiary/aromatic N) is 4. The third-order valence-electron chi connectivity index (χ3n) is 10.6. The predicted molar refractivity (Wildman–Crippen MR) is 188 cm³/mol. The van der Waals surface area contributed by atoms with Gasteiger partial charge in [-0.15, -0.1) is 0 Å². The van der Waals surface area contributed by atoms with E-state index in [1.807, 2.05) is 35.2 Å². The van der Waals surface area contributed by atoms with Crippen molar-refractivity contribution in [1.29, 1.82) is 0 Å². The maximum atomic E-state index is 13.5. The zero-order chi connectivity index (χ0) is 34.4. The van der Waals surface area contributed by atoms with Crippen molar-refractivity contribution in [3.63, 3.8) is 0 Å². The van der Waals surface area contributed by atoms with Crippen LogP contribution in [0.5, 0.6) is 0 Å². The maximum absolute atomic E-state index is 13.5. The molecule has 4 aliphatic heterocycles. The van der Waals surface area contributed by atoms with Crippen molar-refractivity contribution in [1.82, 2.24) is 24.6 Å². The van der Waals surface area contributed by atoms with E-state index >= 15 is 0 Å². The number of carbonyl (C=O) groups is 4. The van der Waals surface area contributed by atoms with E-state index in [-0.39, 0.29) is 41.7 Å². The number of likely N-dealkylation sites (tertiary alicyclic amines) is 2. The second-order valence-electron chi connectivity index (χ2n) is 14.0. The first-order chi connectivity index (χ1) is 23.5. The Morgan fingerprint density at radius 1 is 0.898 bits per heavy atom. The number of likely N-dealkylation sites (N-methyl/N-ethyl adjacent to an activating group) is 1. The lowest BCUT2D eigenvalue weighted by Gasteiger charge is -2.37. The molecule has 0 saturated carbocycles. The molecule has 0 radical (unpaired) electrons. The topological polar surface area (TPSA) is 124 Å². The molecule has 2 aromatic carbocycles. The number of nitrogens with one attached hydrogen (secondary N) is 2. The summed E-state index contributed by atoms with van der Waals surface area (Å²) in [7, 11) is 3.85. The Labute approximate surface area is 293 Å². The number of aryl methyl sites for hydroxylation is 1. The van der Waals surface area contributed by atoms with Gasteiger partial charge in [0.15, 0.2) is 0 Å². The summed E-state index contributed by atoms with van der Waals surface area (Å²) in [4.78, 5) is 68.8. The summed E-state index contributed by atoms with van der Waals surface area (Å²) < 4.78 is 2.09. The molecule has 3 fully saturated rings. The molecule has 5 heterocycles. The van der Waals surface area contributed by atoms with Crippen molar-refractivity contribution < 1.29 is 19.2 Å². The highest BCUT2D eigenvalue weighted by atomic mass is 79.9. The zero-order valence-corrected chi connectivity index (χ0v) is 29.4. The Hall–Kier alpha value is -4.29. The summed E-state index contributed by atoms with van der Waals surface area (Å²) in [6.07, 6.45) is 4.93. The molecule has 1 aromatic heterocycles. The fraction of sp³-hybridized carbons (Fsp3) is 0.432. The van der Waals surface area contributed by atoms with Crippen LogP contribution >= 0.6 is 15.9 Å². The lowest BCUT2D eigenvalue weighted by atomic mass is 9.87. The molecule has 3 aromatic rings. The number of carbonyl (C=O) groups excluding carboxylic acids is 4. The highest BCUT2D eigenvalue weighted by Gasteiger charge is 2.39. The van der Waals surface area contributed by atoms with Crippen molar-refractivity contribution in [2.24, 2.45) is 7.05 Å². The van der Waals surface area contributed by atoms with Crippen molar-refractivity contribution in [3.05, 3.63) is 97.4 Å². The number of hydrogen-bond acceptors (Lipinski definition) is 7. The average molecular weight is 730 g/mol. The molecule has 0 bridgehead atoms. The van der Waals surface area contributed by atoms with Crippen molar-refractivity contribution >= 4 is 45.2 Å². The first kappa shape index (κ1) is 33.2. The van der Waals surface area contributed by atoms with E-state index in [2.05, 4.69) is 56.7 Å². The number of benzene rings is 2. The molecule has 4 aliphatic rings. The van der Waals surface area contributed by atoms with Gasteiger partial charge in [0.1, 0.15) is 10.5 Å². The number of anilines is 1. The number of amides is 4. The van der Waals surface area contributed by atoms with E-state index in [1.54, 1.807) is 22.7 Å². The fourth-order valence-corrected chi connectivity index (χ4v) is 8.47. The normalized spacial score (nSPS) is 23.4. The lowest BCUT2D eigenvalue weighted by Crippen LogP contribution is -2.52. The number of fused-ring (bicyclic) bond motifs is 1. The molecular weight excluding hydrogens is 688 g/mol. The Balaban J connectivity index is 0.946. The molecular formula is C37H41BrN6O5. The molecule has 256 valence electrons. The van der Waals surface area contributed by atoms with E-state index in [0.29, 0.717) is 47.6 Å². The van der Waals surface area contributed by atoms with Gasteiger partial charge in [-0.25, -0.2) is 0 Å². The SMILES string of the molecule is CN1CC(Nc2ccn(C)c(=O)c2Br)CC(c2ccc(C(=O)N3CCC(c4ccc5c(c4)CN(C4CCC(=O)NC4=O)C5=O)CC3)cc2)C1. The minimum absolute atomic E-state index is 0.0419. The number of halogens is 1. The minimum Gasteiger partial charge on any atom is -0.380 e. The Kier molecular flexibility index (Phi) is 9.19. The molecule has 3 atom stereocenters. The van der Waals surface area contributed by atoms with Gasteiger partial charge in [0, 0.05) is 69.6 Å². The van der Waals surface area contributed by atoms with Crippen LogP contribution < -0.4 is 16.2 Å². The van der Waals surface area contributed by atoms with E-state index in [4.69, 9.17) is 0 Å². The third kappa shape index (κ3) is 6.68. The van der Waals surface area contributed by atoms with E-state index in [9.17, 15) is 24.0 Å². The van der Waals surface area contributed by atoms with Gasteiger partial charge >= 0.3 is 0 Å². The van der Waals surface area contributed by atoms with Crippen LogP contribution in [0.1, 0.15) is 81.3 Å². The quantitative estimate of drug-likeness (QED) is 0.370. The first-order valence-electron chi connectivity index (χ1n) is 17.0. The smallest absolute Gasteiger partial charge is 0.266 e. The molecule has 3 saturated heterocycles. The van der Waals surface area contributed by atoms with Crippen LogP contribution in [0.3, 0.4) is 0 Å². The van der Waals surface area contributed by atoms with Crippen LogP contribution in [-0.2, 0) is 23.2 Å². The van der Waals surface area contributed by atoms with Crippen molar-refractivity contribution in [2.75, 3.05) is 38.5 Å². The molecule has 2 N–H and O–H groups in total. The predicted octanol–water partition coefficient (Wildman–Crippen LogP) is 3.83. The minimum atomic E-state index is -0.623. The molecule has 4 amide bonds. The Bertz CT molecular complexity index is 1870. The van der Waals surface area contributed by atoms with Gasteiger partial charge in [0.2, 0.25) is 11.8 Å². The highest BCUT2D eigenvalue weighted by Crippen LogP contribution is 2.35. The van der Waals surface area contributed by atoms with Crippen LogP contribution in [-0.4, -0.2) is 88.2 Å². The van der Waals surface area contributed by atoms with Gasteiger partial charge in [-0.1, -0.05) is 24.3 Å². The van der Waals surface area contributed by atoms with Crippen LogP contribution in [0.15, 0.2) is 64.0 Å². The number of imide groups is 1. The summed E-state index contributed by atoms with van der Waals surface area (Å²) in [5.74, 6) is -0.248. The summed E-state index contributed by atoms with van der Waals surface area (Å²) in [6, 6.07) is 15.5. The van der Waals surface area contributed by atoms with Crippen LogP contribution in [0, 0.1) is 0 Å². The second kappa shape index (κ2) is 13.5. The standard InChI is InChI=1S/C37H41BrN6O5/c1-41-19-26(18-28(21-41)39-30-13-14-42(2)37(49)33(30)38)22-3-5-24(6-4-22)35(47)43-15-11-23(12-16-43)25-7-8-29-27(17-25)20-44(36(29)48)31-9-10-32(45)40-34(31)46/h3-8,13-14,17,23,26,28,31,39H,9-12,15-16,18-21H2,1-2H3,(H,40,45,46).